The smallest absolute Gasteiger partial charge is 0.273 e. The molecule has 1 amide bonds. The third-order valence-corrected chi connectivity index (χ3v) is 4.89. The topological polar surface area (TPSA) is 71.1 Å². The number of H-pyrrole nitrogens is 1. The number of aromatic amines is 1. The lowest BCUT2D eigenvalue weighted by atomic mass is 9.98. The van der Waals surface area contributed by atoms with Crippen molar-refractivity contribution in [2.24, 2.45) is 5.92 Å². The average molecular weight is 342 g/mol. The van der Waals surface area contributed by atoms with Crippen LogP contribution < -0.4 is 0 Å². The fraction of sp³-hybridized carbons (Fsp3) is 0.353. The lowest BCUT2D eigenvalue weighted by Gasteiger charge is -2.23. The second-order valence-corrected chi connectivity index (χ2v) is 6.78. The second kappa shape index (κ2) is 6.70. The van der Waals surface area contributed by atoms with E-state index in [2.05, 4.69) is 27.3 Å². The van der Waals surface area contributed by atoms with Crippen LogP contribution >= 0.6 is 11.3 Å². The molecule has 4 rings (SSSR count). The lowest BCUT2D eigenvalue weighted by molar-refractivity contribution is 0.0732. The molecule has 0 radical (unpaired) electrons. The highest BCUT2D eigenvalue weighted by Crippen LogP contribution is 2.19. The van der Waals surface area contributed by atoms with Crippen molar-refractivity contribution in [3.8, 4) is 0 Å². The van der Waals surface area contributed by atoms with Crippen LogP contribution in [0, 0.1) is 5.92 Å². The number of rotatable bonds is 3. The molecule has 1 N–H and O–H groups in total. The number of fused-ring (bicyclic) bond motifs is 1. The van der Waals surface area contributed by atoms with Crippen LogP contribution in [0.3, 0.4) is 0 Å². The molecule has 6 nitrogen and oxygen atoms in total. The Labute approximate surface area is 143 Å². The molecule has 3 aromatic rings. The fourth-order valence-electron chi connectivity index (χ4n) is 3.12. The number of carbonyl (C=O) groups excluding carboxylic acids is 1. The zero-order chi connectivity index (χ0) is 16.4. The van der Waals surface area contributed by atoms with Crippen LogP contribution in [-0.2, 0) is 11.2 Å². The molecule has 3 heterocycles. The van der Waals surface area contributed by atoms with Gasteiger partial charge >= 0.3 is 0 Å². The summed E-state index contributed by atoms with van der Waals surface area (Å²) in [5, 5.41) is 9.93. The van der Waals surface area contributed by atoms with E-state index in [0.29, 0.717) is 32.0 Å². The number of ether oxygens (including phenoxy) is 1. The molecule has 124 valence electrons. The summed E-state index contributed by atoms with van der Waals surface area (Å²) in [6.45, 7) is 2.56. The molecule has 0 spiro atoms. The Bertz CT molecular complexity index is 830. The number of thiazole rings is 1. The van der Waals surface area contributed by atoms with E-state index in [1.54, 1.807) is 10.9 Å². The normalized spacial score (nSPS) is 18.7. The molecule has 0 bridgehead atoms. The molecule has 1 aliphatic rings. The maximum Gasteiger partial charge on any atom is 0.273 e. The summed E-state index contributed by atoms with van der Waals surface area (Å²) in [5.74, 6) is 0.275. The molecule has 1 aromatic carbocycles. The van der Waals surface area contributed by atoms with Crippen LogP contribution in [0.4, 0.5) is 0 Å². The number of carbonyl (C=O) groups is 1. The highest BCUT2D eigenvalue weighted by molar-refractivity contribution is 7.07. The Morgan fingerprint density at radius 1 is 1.46 bits per heavy atom. The van der Waals surface area contributed by atoms with Gasteiger partial charge in [0.15, 0.2) is 0 Å². The van der Waals surface area contributed by atoms with Crippen LogP contribution in [-0.4, -0.2) is 52.3 Å². The molecular weight excluding hydrogens is 324 g/mol. The first kappa shape index (κ1) is 15.3. The van der Waals surface area contributed by atoms with Crippen molar-refractivity contribution < 1.29 is 9.53 Å². The molecule has 7 heteroatoms. The van der Waals surface area contributed by atoms with Crippen molar-refractivity contribution >= 4 is 28.1 Å². The monoisotopic (exact) mass is 342 g/mol. The first-order valence-electron chi connectivity index (χ1n) is 7.97. The van der Waals surface area contributed by atoms with Gasteiger partial charge in [-0.15, -0.1) is 11.3 Å². The van der Waals surface area contributed by atoms with E-state index in [9.17, 15) is 4.79 Å². The Morgan fingerprint density at radius 3 is 3.29 bits per heavy atom. The summed E-state index contributed by atoms with van der Waals surface area (Å²) in [6, 6.07) is 6.31. The summed E-state index contributed by atoms with van der Waals surface area (Å²) in [6.07, 6.45) is 2.71. The first-order chi connectivity index (χ1) is 11.8. The quantitative estimate of drug-likeness (QED) is 0.793. The molecule has 24 heavy (non-hydrogen) atoms. The maximum atomic E-state index is 12.6. The van der Waals surface area contributed by atoms with E-state index < -0.39 is 0 Å². The van der Waals surface area contributed by atoms with Crippen molar-refractivity contribution in [2.45, 2.75) is 6.42 Å². The number of nitrogens with one attached hydrogen (secondary N) is 1. The van der Waals surface area contributed by atoms with Gasteiger partial charge in [-0.2, -0.15) is 5.10 Å². The molecule has 1 saturated heterocycles. The summed E-state index contributed by atoms with van der Waals surface area (Å²) >= 11 is 1.44. The van der Waals surface area contributed by atoms with Gasteiger partial charge in [0.2, 0.25) is 0 Å². The zero-order valence-electron chi connectivity index (χ0n) is 13.1. The molecular formula is C17H18N4O2S. The zero-order valence-corrected chi connectivity index (χ0v) is 14.0. The lowest BCUT2D eigenvalue weighted by Crippen LogP contribution is -2.36. The minimum atomic E-state index is -0.00274. The van der Waals surface area contributed by atoms with Gasteiger partial charge in [0.25, 0.3) is 5.91 Å². The van der Waals surface area contributed by atoms with Crippen molar-refractivity contribution in [2.75, 3.05) is 26.3 Å². The number of aromatic nitrogens is 3. The van der Waals surface area contributed by atoms with Crippen LogP contribution in [0.2, 0.25) is 0 Å². The second-order valence-electron chi connectivity index (χ2n) is 6.06. The Balaban J connectivity index is 1.48. The van der Waals surface area contributed by atoms with Gasteiger partial charge in [-0.1, -0.05) is 6.07 Å². The summed E-state index contributed by atoms with van der Waals surface area (Å²) < 4.78 is 5.72. The Morgan fingerprint density at radius 2 is 2.42 bits per heavy atom. The Hall–Kier alpha value is -2.25. The van der Waals surface area contributed by atoms with E-state index in [1.165, 1.54) is 16.9 Å². The van der Waals surface area contributed by atoms with Crippen LogP contribution in [0.25, 0.3) is 10.9 Å². The minimum Gasteiger partial charge on any atom is -0.379 e. The van der Waals surface area contributed by atoms with E-state index >= 15 is 0 Å². The van der Waals surface area contributed by atoms with Gasteiger partial charge in [0.05, 0.1) is 30.4 Å². The van der Waals surface area contributed by atoms with E-state index in [-0.39, 0.29) is 11.8 Å². The van der Waals surface area contributed by atoms with Gasteiger partial charge in [-0.25, -0.2) is 4.98 Å². The maximum absolute atomic E-state index is 12.6. The molecule has 1 unspecified atom stereocenters. The summed E-state index contributed by atoms with van der Waals surface area (Å²) in [7, 11) is 0. The van der Waals surface area contributed by atoms with E-state index in [0.717, 1.165) is 17.3 Å². The van der Waals surface area contributed by atoms with Crippen LogP contribution in [0.5, 0.6) is 0 Å². The standard InChI is InChI=1S/C17H18N4O2S/c22-17(16-10-24-11-18-16)21-3-4-23-9-13(8-21)5-12-1-2-15-14(6-12)7-19-20-15/h1-2,6-7,10-11,13H,3-5,8-9H2,(H,19,20). The number of benzene rings is 1. The van der Waals surface area contributed by atoms with Gasteiger partial charge in [-0.3, -0.25) is 9.89 Å². The third kappa shape index (κ3) is 3.18. The molecule has 1 fully saturated rings. The number of hydrogen-bond acceptors (Lipinski definition) is 5. The molecule has 1 aliphatic heterocycles. The Kier molecular flexibility index (Phi) is 4.27. The van der Waals surface area contributed by atoms with Crippen molar-refractivity contribution in [3.05, 3.63) is 46.5 Å². The first-order valence-corrected chi connectivity index (χ1v) is 8.91. The van der Waals surface area contributed by atoms with Gasteiger partial charge in [0.1, 0.15) is 5.69 Å². The van der Waals surface area contributed by atoms with Crippen molar-refractivity contribution in [1.82, 2.24) is 20.1 Å². The van der Waals surface area contributed by atoms with Crippen LogP contribution in [0.1, 0.15) is 16.1 Å². The number of hydrogen-bond donors (Lipinski definition) is 1. The molecule has 1 atom stereocenters. The minimum absolute atomic E-state index is 0.00274. The van der Waals surface area contributed by atoms with Gasteiger partial charge < -0.3 is 9.64 Å². The van der Waals surface area contributed by atoms with Crippen molar-refractivity contribution in [1.29, 1.82) is 0 Å². The summed E-state index contributed by atoms with van der Waals surface area (Å²) in [4.78, 5) is 18.6. The highest BCUT2D eigenvalue weighted by Gasteiger charge is 2.24. The van der Waals surface area contributed by atoms with Gasteiger partial charge in [0, 0.05) is 29.8 Å². The number of nitrogens with zero attached hydrogens (tertiary/aromatic N) is 3. The average Bonchev–Trinajstić information content (AvgIpc) is 3.23. The van der Waals surface area contributed by atoms with Gasteiger partial charge in [-0.05, 0) is 24.1 Å². The predicted octanol–water partition coefficient (Wildman–Crippen LogP) is 2.35. The highest BCUT2D eigenvalue weighted by atomic mass is 32.1. The molecule has 0 aliphatic carbocycles. The fourth-order valence-corrected chi connectivity index (χ4v) is 3.65. The van der Waals surface area contributed by atoms with Crippen molar-refractivity contribution in [3.63, 3.8) is 0 Å². The third-order valence-electron chi connectivity index (χ3n) is 4.31. The molecule has 0 saturated carbocycles. The van der Waals surface area contributed by atoms with E-state index in [4.69, 9.17) is 4.74 Å². The van der Waals surface area contributed by atoms with E-state index in [1.807, 2.05) is 17.2 Å². The number of amides is 1. The summed E-state index contributed by atoms with van der Waals surface area (Å²) in [5.41, 5.74) is 4.50. The largest absolute Gasteiger partial charge is 0.379 e. The van der Waals surface area contributed by atoms with Crippen LogP contribution in [0.15, 0.2) is 35.3 Å². The predicted molar refractivity (Wildman–Crippen MR) is 92.1 cm³/mol. The molecule has 2 aromatic heterocycles. The SMILES string of the molecule is O=C(c1cscn1)N1CCOCC(Cc2ccc3[nH]ncc3c2)C1.